The van der Waals surface area contributed by atoms with E-state index in [1.165, 1.54) is 64.2 Å². The minimum absolute atomic E-state index is 0.125. The van der Waals surface area contributed by atoms with Gasteiger partial charge in [-0.2, -0.15) is 0 Å². The van der Waals surface area contributed by atoms with Gasteiger partial charge >= 0.3 is 11.9 Å². The van der Waals surface area contributed by atoms with Crippen LogP contribution < -0.4 is 0 Å². The molecule has 0 aliphatic rings. The van der Waals surface area contributed by atoms with Gasteiger partial charge in [0.25, 0.3) is 0 Å². The van der Waals surface area contributed by atoms with Crippen LogP contribution in [0.25, 0.3) is 0 Å². The first-order valence-corrected chi connectivity index (χ1v) is 12.6. The normalized spacial score (nSPS) is 11.4. The van der Waals surface area contributed by atoms with Crippen LogP contribution in [0.1, 0.15) is 124 Å². The van der Waals surface area contributed by atoms with Crippen LogP contribution in [0.3, 0.4) is 0 Å². The highest BCUT2D eigenvalue weighted by Crippen LogP contribution is 2.10. The van der Waals surface area contributed by atoms with E-state index in [9.17, 15) is 9.59 Å². The summed E-state index contributed by atoms with van der Waals surface area (Å²) in [6.45, 7) is 6.12. The van der Waals surface area contributed by atoms with Gasteiger partial charge in [-0.15, -0.1) is 0 Å². The topological polar surface area (TPSA) is 93.1 Å². The standard InChI is InChI=1S/C23H44O4.C2H6O2/c1-4-6-8-10-12-14-16-18-22(24)26-20-21(3)27-23(25)19-17-15-13-11-9-7-5-2;3-1-2-4/h21H,4-20H2,1-3H3;3-4H,1-2H2. The van der Waals surface area contributed by atoms with Crippen LogP contribution in [0.15, 0.2) is 0 Å². The van der Waals surface area contributed by atoms with Crippen LogP contribution in [-0.2, 0) is 19.1 Å². The monoisotopic (exact) mass is 446 g/mol. The Morgan fingerprint density at radius 1 is 0.645 bits per heavy atom. The summed E-state index contributed by atoms with van der Waals surface area (Å²) in [5.74, 6) is -0.363. The summed E-state index contributed by atoms with van der Waals surface area (Å²) in [6.07, 6.45) is 17.1. The summed E-state index contributed by atoms with van der Waals surface area (Å²) in [5, 5.41) is 15.2. The lowest BCUT2D eigenvalue weighted by molar-refractivity contribution is -0.158. The average Bonchev–Trinajstić information content (AvgIpc) is 2.76. The Labute approximate surface area is 191 Å². The molecular weight excluding hydrogens is 396 g/mol. The van der Waals surface area contributed by atoms with Gasteiger partial charge < -0.3 is 19.7 Å². The van der Waals surface area contributed by atoms with Crippen molar-refractivity contribution in [2.24, 2.45) is 0 Å². The number of aliphatic hydroxyl groups is 2. The van der Waals surface area contributed by atoms with Crippen LogP contribution in [0.4, 0.5) is 0 Å². The van der Waals surface area contributed by atoms with Gasteiger partial charge in [-0.1, -0.05) is 90.9 Å². The van der Waals surface area contributed by atoms with E-state index in [4.69, 9.17) is 19.7 Å². The number of carbonyl (C=O) groups excluding carboxylic acids is 2. The molecular formula is C25H50O6. The lowest BCUT2D eigenvalue weighted by Gasteiger charge is -2.13. The lowest BCUT2D eigenvalue weighted by atomic mass is 10.1. The fourth-order valence-corrected chi connectivity index (χ4v) is 3.05. The summed E-state index contributed by atoms with van der Waals surface area (Å²) < 4.78 is 10.5. The second kappa shape index (κ2) is 26.9. The molecule has 2 N–H and O–H groups in total. The van der Waals surface area contributed by atoms with Crippen molar-refractivity contribution in [2.75, 3.05) is 19.8 Å². The molecule has 6 heteroatoms. The molecule has 0 amide bonds. The largest absolute Gasteiger partial charge is 0.462 e. The number of hydrogen-bond donors (Lipinski definition) is 2. The van der Waals surface area contributed by atoms with Crippen molar-refractivity contribution in [1.82, 2.24) is 0 Å². The first-order chi connectivity index (χ1) is 15.0. The van der Waals surface area contributed by atoms with E-state index in [0.717, 1.165) is 25.7 Å². The molecule has 0 rings (SSSR count). The maximum atomic E-state index is 11.8. The second-order valence-corrected chi connectivity index (χ2v) is 8.17. The zero-order chi connectivity index (χ0) is 23.6. The summed E-state index contributed by atoms with van der Waals surface area (Å²) >= 11 is 0. The Morgan fingerprint density at radius 3 is 1.45 bits per heavy atom. The third kappa shape index (κ3) is 28.9. The zero-order valence-electron chi connectivity index (χ0n) is 20.5. The molecule has 0 radical (unpaired) electrons. The number of hydrogen-bond acceptors (Lipinski definition) is 6. The van der Waals surface area contributed by atoms with Crippen LogP contribution in [0, 0.1) is 0 Å². The molecule has 31 heavy (non-hydrogen) atoms. The molecule has 0 aromatic heterocycles. The summed E-state index contributed by atoms with van der Waals surface area (Å²) in [4.78, 5) is 23.5. The van der Waals surface area contributed by atoms with Gasteiger partial charge in [0.1, 0.15) is 12.7 Å². The molecule has 0 heterocycles. The van der Waals surface area contributed by atoms with E-state index in [-0.39, 0.29) is 37.9 Å². The van der Waals surface area contributed by atoms with Crippen LogP contribution in [0.2, 0.25) is 0 Å². The van der Waals surface area contributed by atoms with Crippen molar-refractivity contribution in [1.29, 1.82) is 0 Å². The van der Waals surface area contributed by atoms with E-state index in [1.54, 1.807) is 6.92 Å². The molecule has 0 aromatic rings. The van der Waals surface area contributed by atoms with Gasteiger partial charge in [0, 0.05) is 12.8 Å². The first-order valence-electron chi connectivity index (χ1n) is 12.6. The minimum Gasteiger partial charge on any atom is -0.462 e. The van der Waals surface area contributed by atoms with Gasteiger partial charge in [-0.25, -0.2) is 0 Å². The minimum atomic E-state index is -0.361. The molecule has 0 fully saturated rings. The fraction of sp³-hybridized carbons (Fsp3) is 0.920. The lowest BCUT2D eigenvalue weighted by Crippen LogP contribution is -2.22. The van der Waals surface area contributed by atoms with Crippen molar-refractivity contribution in [3.8, 4) is 0 Å². The first kappa shape index (κ1) is 32.0. The van der Waals surface area contributed by atoms with Crippen molar-refractivity contribution in [3.05, 3.63) is 0 Å². The molecule has 0 bridgehead atoms. The Balaban J connectivity index is 0. The van der Waals surface area contributed by atoms with E-state index < -0.39 is 0 Å². The Morgan fingerprint density at radius 2 is 1.03 bits per heavy atom. The van der Waals surface area contributed by atoms with Crippen molar-refractivity contribution in [3.63, 3.8) is 0 Å². The molecule has 0 spiro atoms. The number of aliphatic hydroxyl groups excluding tert-OH is 2. The summed E-state index contributed by atoms with van der Waals surface area (Å²) in [7, 11) is 0. The van der Waals surface area contributed by atoms with Crippen LogP contribution in [-0.4, -0.2) is 48.1 Å². The van der Waals surface area contributed by atoms with Crippen molar-refractivity contribution < 1.29 is 29.3 Å². The Kier molecular flexibility index (Phi) is 27.8. The predicted molar refractivity (Wildman–Crippen MR) is 126 cm³/mol. The molecule has 0 saturated carbocycles. The average molecular weight is 447 g/mol. The van der Waals surface area contributed by atoms with Crippen LogP contribution in [0.5, 0.6) is 0 Å². The predicted octanol–water partition coefficient (Wildman–Crippen LogP) is 5.71. The number of rotatable bonds is 20. The van der Waals surface area contributed by atoms with Gasteiger partial charge in [0.15, 0.2) is 0 Å². The molecule has 1 unspecified atom stereocenters. The third-order valence-corrected chi connectivity index (χ3v) is 4.88. The van der Waals surface area contributed by atoms with Crippen LogP contribution >= 0.6 is 0 Å². The van der Waals surface area contributed by atoms with E-state index in [2.05, 4.69) is 13.8 Å². The highest BCUT2D eigenvalue weighted by molar-refractivity contribution is 5.70. The molecule has 0 aromatic carbocycles. The zero-order valence-corrected chi connectivity index (χ0v) is 20.5. The van der Waals surface area contributed by atoms with Gasteiger partial charge in [-0.05, 0) is 19.8 Å². The Hall–Kier alpha value is -1.14. The highest BCUT2D eigenvalue weighted by atomic mass is 16.6. The molecule has 0 aliphatic heterocycles. The quantitative estimate of drug-likeness (QED) is 0.184. The molecule has 0 aliphatic carbocycles. The number of carbonyl (C=O) groups is 2. The highest BCUT2D eigenvalue weighted by Gasteiger charge is 2.12. The SMILES string of the molecule is CCCCCCCCCC(=O)OCC(C)OC(=O)CCCCCCCCC.OCCO. The van der Waals surface area contributed by atoms with Crippen molar-refractivity contribution in [2.45, 2.75) is 130 Å². The fourth-order valence-electron chi connectivity index (χ4n) is 3.05. The van der Waals surface area contributed by atoms with E-state index in [1.807, 2.05) is 0 Å². The maximum absolute atomic E-state index is 11.8. The molecule has 1 atom stereocenters. The smallest absolute Gasteiger partial charge is 0.306 e. The second-order valence-electron chi connectivity index (χ2n) is 8.17. The summed E-state index contributed by atoms with van der Waals surface area (Å²) in [5.41, 5.74) is 0. The van der Waals surface area contributed by atoms with Gasteiger partial charge in [0.05, 0.1) is 13.2 Å². The molecule has 0 saturated heterocycles. The van der Waals surface area contributed by atoms with Crippen molar-refractivity contribution >= 4 is 11.9 Å². The summed E-state index contributed by atoms with van der Waals surface area (Å²) in [6, 6.07) is 0. The van der Waals surface area contributed by atoms with Gasteiger partial charge in [0.2, 0.25) is 0 Å². The third-order valence-electron chi connectivity index (χ3n) is 4.88. The number of ether oxygens (including phenoxy) is 2. The van der Waals surface area contributed by atoms with E-state index >= 15 is 0 Å². The van der Waals surface area contributed by atoms with Gasteiger partial charge in [-0.3, -0.25) is 9.59 Å². The van der Waals surface area contributed by atoms with E-state index in [0.29, 0.717) is 12.8 Å². The molecule has 6 nitrogen and oxygen atoms in total. The number of esters is 2. The number of unbranched alkanes of at least 4 members (excludes halogenated alkanes) is 12. The maximum Gasteiger partial charge on any atom is 0.306 e. The molecule has 186 valence electrons. The Bertz CT molecular complexity index is 384.